The lowest BCUT2D eigenvalue weighted by Crippen LogP contribution is -2.27. The molecule has 0 bridgehead atoms. The van der Waals surface area contributed by atoms with Gasteiger partial charge in [-0.05, 0) is 30.2 Å². The number of benzene rings is 1. The van der Waals surface area contributed by atoms with E-state index in [2.05, 4.69) is 15.6 Å². The van der Waals surface area contributed by atoms with Gasteiger partial charge in [0.25, 0.3) is 5.91 Å². The Morgan fingerprint density at radius 2 is 1.96 bits per heavy atom. The van der Waals surface area contributed by atoms with Crippen molar-refractivity contribution in [3.8, 4) is 0 Å². The van der Waals surface area contributed by atoms with Gasteiger partial charge in [0.1, 0.15) is 0 Å². The maximum absolute atomic E-state index is 13.1. The molecule has 25 heavy (non-hydrogen) atoms. The zero-order valence-corrected chi connectivity index (χ0v) is 14.4. The molecule has 0 unspecified atom stereocenters. The maximum Gasteiger partial charge on any atom is 0.418 e. The molecule has 0 aliphatic carbocycles. The smallest absolute Gasteiger partial charge is 0.354 e. The van der Waals surface area contributed by atoms with Crippen LogP contribution in [0.5, 0.6) is 0 Å². The molecule has 2 rings (SSSR count). The molecule has 1 aromatic heterocycles. The second kappa shape index (κ2) is 7.74. The van der Waals surface area contributed by atoms with Crippen molar-refractivity contribution < 1.29 is 18.0 Å². The van der Waals surface area contributed by atoms with Crippen LogP contribution in [0.25, 0.3) is 0 Å². The van der Waals surface area contributed by atoms with Gasteiger partial charge in [-0.1, -0.05) is 25.4 Å². The van der Waals surface area contributed by atoms with Crippen LogP contribution < -0.4 is 10.6 Å². The maximum atomic E-state index is 13.1. The third-order valence-electron chi connectivity index (χ3n) is 3.24. The summed E-state index contributed by atoms with van der Waals surface area (Å²) in [6.07, 6.45) is -1.87. The molecular formula is C17H17ClF3N3O. The number of carbonyl (C=O) groups is 1. The minimum atomic E-state index is -4.56. The second-order valence-corrected chi connectivity index (χ2v) is 6.32. The van der Waals surface area contributed by atoms with Gasteiger partial charge in [-0.25, -0.2) is 0 Å². The minimum absolute atomic E-state index is 0.0159. The van der Waals surface area contributed by atoms with E-state index < -0.39 is 11.7 Å². The quantitative estimate of drug-likeness (QED) is 0.787. The van der Waals surface area contributed by atoms with Crippen molar-refractivity contribution >= 4 is 28.9 Å². The van der Waals surface area contributed by atoms with Crippen LogP contribution >= 0.6 is 11.6 Å². The van der Waals surface area contributed by atoms with Gasteiger partial charge < -0.3 is 10.6 Å². The molecule has 1 heterocycles. The predicted molar refractivity (Wildman–Crippen MR) is 91.1 cm³/mol. The summed E-state index contributed by atoms with van der Waals surface area (Å²) in [5.41, 5.74) is -0.536. The SMILES string of the molecule is CC(C)CNC(=O)c1cncc(Nc2ccc(Cl)cc2C(F)(F)F)c1. The first kappa shape index (κ1) is 19.1. The van der Waals surface area contributed by atoms with E-state index >= 15 is 0 Å². The Morgan fingerprint density at radius 3 is 2.60 bits per heavy atom. The van der Waals surface area contributed by atoms with E-state index in [9.17, 15) is 18.0 Å². The number of pyridine rings is 1. The molecule has 0 saturated carbocycles. The lowest BCUT2D eigenvalue weighted by molar-refractivity contribution is -0.136. The molecule has 1 aromatic carbocycles. The Morgan fingerprint density at radius 1 is 1.24 bits per heavy atom. The van der Waals surface area contributed by atoms with E-state index in [-0.39, 0.29) is 33.8 Å². The summed E-state index contributed by atoms with van der Waals surface area (Å²) in [7, 11) is 0. The molecule has 2 N–H and O–H groups in total. The number of nitrogens with one attached hydrogen (secondary N) is 2. The number of aromatic nitrogens is 1. The van der Waals surface area contributed by atoms with Crippen LogP contribution in [-0.4, -0.2) is 17.4 Å². The number of nitrogens with zero attached hydrogens (tertiary/aromatic N) is 1. The Bertz CT molecular complexity index is 763. The third kappa shape index (κ3) is 5.35. The molecule has 0 aliphatic heterocycles. The van der Waals surface area contributed by atoms with Crippen molar-refractivity contribution in [3.05, 3.63) is 52.8 Å². The van der Waals surface area contributed by atoms with Crippen molar-refractivity contribution in [2.24, 2.45) is 5.92 Å². The summed E-state index contributed by atoms with van der Waals surface area (Å²) < 4.78 is 39.4. The zero-order valence-electron chi connectivity index (χ0n) is 13.6. The molecule has 0 radical (unpaired) electrons. The highest BCUT2D eigenvalue weighted by molar-refractivity contribution is 6.30. The second-order valence-electron chi connectivity index (χ2n) is 5.88. The zero-order chi connectivity index (χ0) is 18.6. The lowest BCUT2D eigenvalue weighted by atomic mass is 10.1. The summed E-state index contributed by atoms with van der Waals surface area (Å²) in [4.78, 5) is 16.0. The van der Waals surface area contributed by atoms with Crippen LogP contribution in [-0.2, 0) is 6.18 Å². The van der Waals surface area contributed by atoms with Crippen LogP contribution in [0.2, 0.25) is 5.02 Å². The highest BCUT2D eigenvalue weighted by Gasteiger charge is 2.33. The van der Waals surface area contributed by atoms with Crippen molar-refractivity contribution in [1.82, 2.24) is 10.3 Å². The Labute approximate surface area is 148 Å². The first-order valence-electron chi connectivity index (χ1n) is 7.54. The van der Waals surface area contributed by atoms with Gasteiger partial charge in [0.2, 0.25) is 0 Å². The number of halogens is 4. The summed E-state index contributed by atoms with van der Waals surface area (Å²) in [6, 6.07) is 4.87. The van der Waals surface area contributed by atoms with E-state index in [1.54, 1.807) is 0 Å². The average molecular weight is 372 g/mol. The monoisotopic (exact) mass is 371 g/mol. The number of rotatable bonds is 5. The molecule has 0 saturated heterocycles. The number of amides is 1. The fourth-order valence-electron chi connectivity index (χ4n) is 2.05. The average Bonchev–Trinajstić information content (AvgIpc) is 2.53. The number of hydrogen-bond donors (Lipinski definition) is 2. The van der Waals surface area contributed by atoms with Gasteiger partial charge in [0.15, 0.2) is 0 Å². The predicted octanol–water partition coefficient (Wildman–Crippen LogP) is 4.88. The fourth-order valence-corrected chi connectivity index (χ4v) is 2.22. The number of hydrogen-bond acceptors (Lipinski definition) is 3. The molecule has 0 spiro atoms. The van der Waals surface area contributed by atoms with Gasteiger partial charge in [0, 0.05) is 17.8 Å². The highest BCUT2D eigenvalue weighted by atomic mass is 35.5. The van der Waals surface area contributed by atoms with Gasteiger partial charge in [0.05, 0.1) is 28.7 Å². The fraction of sp³-hybridized carbons (Fsp3) is 0.294. The van der Waals surface area contributed by atoms with Crippen LogP contribution in [0, 0.1) is 5.92 Å². The third-order valence-corrected chi connectivity index (χ3v) is 3.47. The van der Waals surface area contributed by atoms with Crippen LogP contribution in [0.1, 0.15) is 29.8 Å². The molecule has 8 heteroatoms. The van der Waals surface area contributed by atoms with Crippen molar-refractivity contribution in [1.29, 1.82) is 0 Å². The molecule has 2 aromatic rings. The van der Waals surface area contributed by atoms with Crippen molar-refractivity contribution in [2.75, 3.05) is 11.9 Å². The van der Waals surface area contributed by atoms with Crippen LogP contribution in [0.3, 0.4) is 0 Å². The Hall–Kier alpha value is -2.28. The van der Waals surface area contributed by atoms with Crippen LogP contribution in [0.4, 0.5) is 24.5 Å². The van der Waals surface area contributed by atoms with E-state index in [1.165, 1.54) is 30.6 Å². The van der Waals surface area contributed by atoms with E-state index in [0.717, 1.165) is 6.07 Å². The summed E-state index contributed by atoms with van der Waals surface area (Å²) in [6.45, 7) is 4.40. The van der Waals surface area contributed by atoms with Gasteiger partial charge >= 0.3 is 6.18 Å². The molecule has 1 amide bonds. The Kier molecular flexibility index (Phi) is 5.89. The summed E-state index contributed by atoms with van der Waals surface area (Å²) in [5.74, 6) is -0.0568. The molecule has 0 fully saturated rings. The normalized spacial score (nSPS) is 11.5. The largest absolute Gasteiger partial charge is 0.418 e. The standard InChI is InChI=1S/C17H17ClF3N3O/c1-10(2)7-23-16(25)11-5-13(9-22-8-11)24-15-4-3-12(18)6-14(15)17(19,20)21/h3-6,8-10,24H,7H2,1-2H3,(H,23,25). The lowest BCUT2D eigenvalue weighted by Gasteiger charge is -2.15. The van der Waals surface area contributed by atoms with Crippen molar-refractivity contribution in [2.45, 2.75) is 20.0 Å². The van der Waals surface area contributed by atoms with Gasteiger partial charge in [-0.2, -0.15) is 13.2 Å². The van der Waals surface area contributed by atoms with Gasteiger partial charge in [-0.3, -0.25) is 9.78 Å². The highest BCUT2D eigenvalue weighted by Crippen LogP contribution is 2.37. The van der Waals surface area contributed by atoms with Gasteiger partial charge in [-0.15, -0.1) is 0 Å². The topological polar surface area (TPSA) is 54.0 Å². The molecule has 0 aliphatic rings. The summed E-state index contributed by atoms with van der Waals surface area (Å²) in [5, 5.41) is 5.36. The van der Waals surface area contributed by atoms with Crippen molar-refractivity contribution in [3.63, 3.8) is 0 Å². The number of carbonyl (C=O) groups excluding carboxylic acids is 1. The molecule has 134 valence electrons. The first-order valence-corrected chi connectivity index (χ1v) is 7.91. The number of anilines is 2. The number of alkyl halides is 3. The molecule has 4 nitrogen and oxygen atoms in total. The summed E-state index contributed by atoms with van der Waals surface area (Å²) >= 11 is 5.66. The van der Waals surface area contributed by atoms with E-state index in [0.29, 0.717) is 6.54 Å². The molecule has 0 atom stereocenters. The molecular weight excluding hydrogens is 355 g/mol. The minimum Gasteiger partial charge on any atom is -0.354 e. The van der Waals surface area contributed by atoms with Crippen LogP contribution in [0.15, 0.2) is 36.7 Å². The van der Waals surface area contributed by atoms with E-state index in [1.807, 2.05) is 13.8 Å². The Balaban J connectivity index is 2.25. The first-order chi connectivity index (χ1) is 11.7. The van der Waals surface area contributed by atoms with E-state index in [4.69, 9.17) is 11.6 Å².